The van der Waals surface area contributed by atoms with Gasteiger partial charge in [0.1, 0.15) is 6.54 Å². The van der Waals surface area contributed by atoms with Gasteiger partial charge in [0.25, 0.3) is 5.91 Å². The Labute approximate surface area is 197 Å². The number of fused-ring (bicyclic) bond motifs is 1. The number of hydrogen-bond acceptors (Lipinski definition) is 6. The first-order valence-electron chi connectivity index (χ1n) is 10.5. The first-order valence-corrected chi connectivity index (χ1v) is 12.7. The molecule has 0 atom stereocenters. The minimum atomic E-state index is -3.61. The molecule has 0 radical (unpaired) electrons. The SMILES string of the molecule is CCN(CC)S(=O)(=O)c1ccc(C(=O)N=c2sc3c(C)cc(C)cc3n2CC(=O)OC)cc1. The Morgan fingerprint density at radius 3 is 2.30 bits per heavy atom. The van der Waals surface area contributed by atoms with Crippen LogP contribution < -0.4 is 4.80 Å². The summed E-state index contributed by atoms with van der Waals surface area (Å²) in [6, 6.07) is 9.71. The van der Waals surface area contributed by atoms with E-state index in [0.29, 0.717) is 17.9 Å². The fourth-order valence-electron chi connectivity index (χ4n) is 3.58. The van der Waals surface area contributed by atoms with Crippen molar-refractivity contribution in [1.82, 2.24) is 8.87 Å². The molecule has 0 bridgehead atoms. The number of thiazole rings is 1. The molecule has 33 heavy (non-hydrogen) atoms. The molecule has 0 saturated carbocycles. The van der Waals surface area contributed by atoms with Gasteiger partial charge in [-0.15, -0.1) is 0 Å². The van der Waals surface area contributed by atoms with Crippen LogP contribution in [0.3, 0.4) is 0 Å². The third-order valence-electron chi connectivity index (χ3n) is 5.27. The fraction of sp³-hybridized carbons (Fsp3) is 0.348. The van der Waals surface area contributed by atoms with Gasteiger partial charge in [0.05, 0.1) is 22.2 Å². The number of hydrogen-bond donors (Lipinski definition) is 0. The standard InChI is InChI=1S/C23H27N3O5S2/c1-6-25(7-2)33(29,30)18-10-8-17(9-11-18)22(28)24-23-26(14-20(27)31-5)19-13-15(3)12-16(4)21(19)32-23/h8-13H,6-7,14H2,1-5H3. The fourth-order valence-corrected chi connectivity index (χ4v) is 6.11. The number of rotatable bonds is 7. The predicted octanol–water partition coefficient (Wildman–Crippen LogP) is 3.26. The normalized spacial score (nSPS) is 12.5. The van der Waals surface area contributed by atoms with Crippen LogP contribution in [0, 0.1) is 13.8 Å². The molecule has 0 fully saturated rings. The van der Waals surface area contributed by atoms with Gasteiger partial charge in [-0.05, 0) is 55.3 Å². The van der Waals surface area contributed by atoms with Gasteiger partial charge >= 0.3 is 5.97 Å². The number of amides is 1. The quantitative estimate of drug-likeness (QED) is 0.475. The van der Waals surface area contributed by atoms with Crippen LogP contribution in [-0.2, 0) is 26.1 Å². The van der Waals surface area contributed by atoms with Crippen LogP contribution in [0.2, 0.25) is 0 Å². The molecule has 10 heteroatoms. The maximum atomic E-state index is 12.9. The summed E-state index contributed by atoms with van der Waals surface area (Å²) in [5.74, 6) is -0.977. The number of aromatic nitrogens is 1. The van der Waals surface area contributed by atoms with Crippen LogP contribution in [0.15, 0.2) is 46.3 Å². The van der Waals surface area contributed by atoms with Crippen LogP contribution >= 0.6 is 11.3 Å². The molecule has 0 aliphatic rings. The smallest absolute Gasteiger partial charge is 0.325 e. The van der Waals surface area contributed by atoms with Gasteiger partial charge in [-0.3, -0.25) is 9.59 Å². The molecule has 2 aromatic carbocycles. The van der Waals surface area contributed by atoms with Gasteiger partial charge in [-0.1, -0.05) is 31.3 Å². The topological polar surface area (TPSA) is 98.0 Å². The minimum absolute atomic E-state index is 0.0768. The van der Waals surface area contributed by atoms with Crippen molar-refractivity contribution >= 4 is 43.5 Å². The number of methoxy groups -OCH3 is 1. The molecule has 0 spiro atoms. The summed E-state index contributed by atoms with van der Waals surface area (Å²) in [6.07, 6.45) is 0. The molecule has 0 aliphatic carbocycles. The summed E-state index contributed by atoms with van der Waals surface area (Å²) >= 11 is 1.32. The maximum Gasteiger partial charge on any atom is 0.325 e. The van der Waals surface area contributed by atoms with Crippen LogP contribution in [0.1, 0.15) is 35.3 Å². The van der Waals surface area contributed by atoms with Gasteiger partial charge < -0.3 is 9.30 Å². The number of carbonyl (C=O) groups excluding carboxylic acids is 2. The summed E-state index contributed by atoms with van der Waals surface area (Å²) < 4.78 is 34.1. The first-order chi connectivity index (χ1) is 15.6. The predicted molar refractivity (Wildman–Crippen MR) is 128 cm³/mol. The Balaban J connectivity index is 2.05. The Hall–Kier alpha value is -2.82. The number of benzene rings is 2. The number of aryl methyl sites for hydroxylation is 2. The molecule has 0 unspecified atom stereocenters. The molecule has 0 saturated heterocycles. The van der Waals surface area contributed by atoms with Crippen molar-refractivity contribution in [1.29, 1.82) is 0 Å². The lowest BCUT2D eigenvalue weighted by Gasteiger charge is -2.18. The molecule has 3 rings (SSSR count). The Kier molecular flexibility index (Phi) is 7.51. The Morgan fingerprint density at radius 1 is 1.09 bits per heavy atom. The number of sulfonamides is 1. The van der Waals surface area contributed by atoms with Crippen molar-refractivity contribution in [3.63, 3.8) is 0 Å². The molecule has 1 amide bonds. The number of nitrogens with zero attached hydrogens (tertiary/aromatic N) is 3. The van der Waals surface area contributed by atoms with E-state index in [1.54, 1.807) is 18.4 Å². The number of esters is 1. The van der Waals surface area contributed by atoms with E-state index < -0.39 is 21.9 Å². The highest BCUT2D eigenvalue weighted by Crippen LogP contribution is 2.24. The number of ether oxygens (including phenoxy) is 1. The second-order valence-electron chi connectivity index (χ2n) is 7.51. The van der Waals surface area contributed by atoms with E-state index in [-0.39, 0.29) is 17.0 Å². The molecule has 0 N–H and O–H groups in total. The van der Waals surface area contributed by atoms with Crippen molar-refractivity contribution in [3.8, 4) is 0 Å². The molecule has 0 aliphatic heterocycles. The van der Waals surface area contributed by atoms with Crippen LogP contribution in [0.25, 0.3) is 10.2 Å². The van der Waals surface area contributed by atoms with Crippen molar-refractivity contribution in [2.24, 2.45) is 4.99 Å². The summed E-state index contributed by atoms with van der Waals surface area (Å²) in [7, 11) is -2.30. The second kappa shape index (κ2) is 9.98. The lowest BCUT2D eigenvalue weighted by Crippen LogP contribution is -2.30. The van der Waals surface area contributed by atoms with E-state index in [0.717, 1.165) is 21.3 Å². The summed E-state index contributed by atoms with van der Waals surface area (Å²) in [6.45, 7) is 8.12. The lowest BCUT2D eigenvalue weighted by atomic mass is 10.1. The van der Waals surface area contributed by atoms with Crippen molar-refractivity contribution < 1.29 is 22.7 Å². The molecule has 1 heterocycles. The highest BCUT2D eigenvalue weighted by Gasteiger charge is 2.22. The highest BCUT2D eigenvalue weighted by atomic mass is 32.2. The average molecular weight is 490 g/mol. The maximum absolute atomic E-state index is 12.9. The summed E-state index contributed by atoms with van der Waals surface area (Å²) in [5, 5.41) is 0. The van der Waals surface area contributed by atoms with Crippen molar-refractivity contribution in [2.75, 3.05) is 20.2 Å². The first kappa shape index (κ1) is 24.8. The third kappa shape index (κ3) is 5.07. The minimum Gasteiger partial charge on any atom is -0.468 e. The highest BCUT2D eigenvalue weighted by molar-refractivity contribution is 7.89. The van der Waals surface area contributed by atoms with E-state index >= 15 is 0 Å². The second-order valence-corrected chi connectivity index (χ2v) is 10.4. The Morgan fingerprint density at radius 2 is 1.73 bits per heavy atom. The summed E-state index contributed by atoms with van der Waals surface area (Å²) in [4.78, 5) is 29.7. The summed E-state index contributed by atoms with van der Waals surface area (Å²) in [5.41, 5.74) is 3.10. The van der Waals surface area contributed by atoms with E-state index in [1.807, 2.05) is 26.0 Å². The molecule has 3 aromatic rings. The zero-order chi connectivity index (χ0) is 24.3. The zero-order valence-corrected chi connectivity index (χ0v) is 20.9. The van der Waals surface area contributed by atoms with Crippen LogP contribution in [0.5, 0.6) is 0 Å². The van der Waals surface area contributed by atoms with Gasteiger partial charge in [0, 0.05) is 18.7 Å². The average Bonchev–Trinajstić information content (AvgIpc) is 3.11. The Bertz CT molecular complexity index is 1370. The third-order valence-corrected chi connectivity index (χ3v) is 8.56. The van der Waals surface area contributed by atoms with E-state index in [1.165, 1.54) is 47.0 Å². The van der Waals surface area contributed by atoms with Crippen LogP contribution in [-0.4, -0.2) is 49.4 Å². The van der Waals surface area contributed by atoms with E-state index in [2.05, 4.69) is 4.99 Å². The lowest BCUT2D eigenvalue weighted by molar-refractivity contribution is -0.141. The molecular formula is C23H27N3O5S2. The van der Waals surface area contributed by atoms with E-state index in [4.69, 9.17) is 4.74 Å². The molecule has 8 nitrogen and oxygen atoms in total. The monoisotopic (exact) mass is 489 g/mol. The largest absolute Gasteiger partial charge is 0.468 e. The van der Waals surface area contributed by atoms with Gasteiger partial charge in [-0.25, -0.2) is 8.42 Å². The van der Waals surface area contributed by atoms with Crippen LogP contribution in [0.4, 0.5) is 0 Å². The number of carbonyl (C=O) groups is 2. The van der Waals surface area contributed by atoms with Crippen molar-refractivity contribution in [3.05, 3.63) is 57.9 Å². The zero-order valence-electron chi connectivity index (χ0n) is 19.3. The van der Waals surface area contributed by atoms with Gasteiger partial charge in [-0.2, -0.15) is 9.30 Å². The molecule has 1 aromatic heterocycles. The van der Waals surface area contributed by atoms with Gasteiger partial charge in [0.2, 0.25) is 10.0 Å². The van der Waals surface area contributed by atoms with Crippen molar-refractivity contribution in [2.45, 2.75) is 39.1 Å². The molecular weight excluding hydrogens is 462 g/mol. The van der Waals surface area contributed by atoms with Gasteiger partial charge in [0.15, 0.2) is 4.80 Å². The molecule has 176 valence electrons. The van der Waals surface area contributed by atoms with E-state index in [9.17, 15) is 18.0 Å².